The molecule has 0 aliphatic carbocycles. The van der Waals surface area contributed by atoms with E-state index in [9.17, 15) is 9.90 Å². The maximum absolute atomic E-state index is 12.4. The fourth-order valence-corrected chi connectivity index (χ4v) is 4.02. The number of amides is 1. The summed E-state index contributed by atoms with van der Waals surface area (Å²) in [5.41, 5.74) is 3.92. The molecule has 10 heteroatoms. The Balaban J connectivity index is 1.47. The molecule has 2 aromatic heterocycles. The van der Waals surface area contributed by atoms with E-state index in [4.69, 9.17) is 4.52 Å². The van der Waals surface area contributed by atoms with Crippen LogP contribution in [0.25, 0.3) is 11.4 Å². The third kappa shape index (κ3) is 4.69. The van der Waals surface area contributed by atoms with Crippen molar-refractivity contribution in [3.63, 3.8) is 0 Å². The number of nitrogens with zero attached hydrogens (tertiary/aromatic N) is 5. The maximum atomic E-state index is 12.4. The van der Waals surface area contributed by atoms with Crippen molar-refractivity contribution in [1.82, 2.24) is 25.0 Å². The number of fused-ring (bicyclic) bond motifs is 1. The molecule has 178 valence electrons. The number of hydrogen-bond acceptors (Lipinski definition) is 9. The molecule has 0 spiro atoms. The van der Waals surface area contributed by atoms with Crippen molar-refractivity contribution in [1.29, 1.82) is 0 Å². The summed E-state index contributed by atoms with van der Waals surface area (Å²) < 4.78 is 5.14. The molecule has 0 saturated heterocycles. The number of rotatable bonds is 7. The van der Waals surface area contributed by atoms with E-state index in [0.717, 1.165) is 23.2 Å². The molecule has 3 heterocycles. The van der Waals surface area contributed by atoms with Crippen molar-refractivity contribution in [3.8, 4) is 11.4 Å². The van der Waals surface area contributed by atoms with Crippen molar-refractivity contribution >= 4 is 23.4 Å². The van der Waals surface area contributed by atoms with E-state index in [1.165, 1.54) is 0 Å². The Hall–Kier alpha value is -4.31. The lowest BCUT2D eigenvalue weighted by molar-refractivity contribution is 0.0781. The third-order valence-corrected chi connectivity index (χ3v) is 5.91. The highest BCUT2D eigenvalue weighted by atomic mass is 16.5. The summed E-state index contributed by atoms with van der Waals surface area (Å²) in [7, 11) is 1.81. The van der Waals surface area contributed by atoms with Crippen LogP contribution in [0.2, 0.25) is 0 Å². The van der Waals surface area contributed by atoms with Gasteiger partial charge in [-0.3, -0.25) is 4.79 Å². The number of aliphatic hydroxyl groups excluding tert-OH is 1. The molecule has 10 nitrogen and oxygen atoms in total. The zero-order chi connectivity index (χ0) is 24.4. The number of aromatic nitrogens is 4. The first-order valence-corrected chi connectivity index (χ1v) is 11.3. The van der Waals surface area contributed by atoms with Crippen LogP contribution in [-0.2, 0) is 6.42 Å². The van der Waals surface area contributed by atoms with Crippen LogP contribution in [-0.4, -0.2) is 56.2 Å². The van der Waals surface area contributed by atoms with Crippen LogP contribution in [0.5, 0.6) is 0 Å². The summed E-state index contributed by atoms with van der Waals surface area (Å²) in [6.45, 7) is 2.25. The Kier molecular flexibility index (Phi) is 6.11. The highest BCUT2D eigenvalue weighted by Gasteiger charge is 2.22. The predicted octanol–water partition coefficient (Wildman–Crippen LogP) is 3.35. The van der Waals surface area contributed by atoms with E-state index >= 15 is 0 Å². The van der Waals surface area contributed by atoms with Crippen LogP contribution in [0.4, 0.5) is 17.5 Å². The number of aliphatic hydroxyl groups is 1. The van der Waals surface area contributed by atoms with Crippen LogP contribution in [0.1, 0.15) is 33.4 Å². The second-order valence-corrected chi connectivity index (χ2v) is 8.36. The molecule has 1 atom stereocenters. The van der Waals surface area contributed by atoms with Crippen molar-refractivity contribution in [2.45, 2.75) is 19.4 Å². The Morgan fingerprint density at radius 1 is 1.14 bits per heavy atom. The van der Waals surface area contributed by atoms with Gasteiger partial charge in [-0.15, -0.1) is 0 Å². The average molecular weight is 472 g/mol. The van der Waals surface area contributed by atoms with Gasteiger partial charge in [0.15, 0.2) is 0 Å². The van der Waals surface area contributed by atoms with Gasteiger partial charge in [-0.1, -0.05) is 35.5 Å². The Bertz CT molecular complexity index is 1360. The molecule has 0 bridgehead atoms. The zero-order valence-electron chi connectivity index (χ0n) is 19.4. The van der Waals surface area contributed by atoms with Crippen LogP contribution in [0, 0.1) is 6.92 Å². The monoisotopic (exact) mass is 471 g/mol. The molecular formula is C25H25N7O3. The van der Waals surface area contributed by atoms with E-state index in [1.54, 1.807) is 18.0 Å². The van der Waals surface area contributed by atoms with Crippen LogP contribution >= 0.6 is 0 Å². The summed E-state index contributed by atoms with van der Waals surface area (Å²) >= 11 is 0. The molecule has 0 unspecified atom stereocenters. The lowest BCUT2D eigenvalue weighted by atomic mass is 9.99. The van der Waals surface area contributed by atoms with Gasteiger partial charge in [0, 0.05) is 38.0 Å². The molecule has 0 radical (unpaired) electrons. The third-order valence-electron chi connectivity index (χ3n) is 5.91. The van der Waals surface area contributed by atoms with Gasteiger partial charge in [0.05, 0.1) is 18.2 Å². The van der Waals surface area contributed by atoms with E-state index in [-0.39, 0.29) is 12.5 Å². The second-order valence-electron chi connectivity index (χ2n) is 8.36. The smallest absolute Gasteiger partial charge is 0.253 e. The van der Waals surface area contributed by atoms with E-state index in [2.05, 4.69) is 30.7 Å². The number of carbonyl (C=O) groups is 1. The minimum Gasteiger partial charge on any atom is -0.394 e. The fourth-order valence-electron chi connectivity index (χ4n) is 4.02. The fraction of sp³-hybridized carbons (Fsp3) is 0.240. The summed E-state index contributed by atoms with van der Waals surface area (Å²) in [5, 5.41) is 20.6. The van der Waals surface area contributed by atoms with Crippen LogP contribution in [0.3, 0.4) is 0 Å². The van der Waals surface area contributed by atoms with Crippen molar-refractivity contribution in [3.05, 3.63) is 77.3 Å². The summed E-state index contributed by atoms with van der Waals surface area (Å²) in [5.74, 6) is 1.58. The number of anilines is 3. The minimum absolute atomic E-state index is 0.0243. The molecule has 4 aromatic rings. The Morgan fingerprint density at radius 2 is 1.97 bits per heavy atom. The predicted molar refractivity (Wildman–Crippen MR) is 130 cm³/mol. The molecule has 1 aliphatic heterocycles. The number of aryl methyl sites for hydroxylation is 1. The van der Waals surface area contributed by atoms with Gasteiger partial charge in [0.2, 0.25) is 17.7 Å². The van der Waals surface area contributed by atoms with Gasteiger partial charge >= 0.3 is 0 Å². The van der Waals surface area contributed by atoms with Gasteiger partial charge < -0.3 is 25.2 Å². The molecule has 0 fully saturated rings. The Morgan fingerprint density at radius 3 is 2.71 bits per heavy atom. The van der Waals surface area contributed by atoms with Gasteiger partial charge in [0.1, 0.15) is 5.82 Å². The first kappa shape index (κ1) is 22.5. The topological polar surface area (TPSA) is 129 Å². The number of nitrogens with one attached hydrogen (secondary N) is 2. The van der Waals surface area contributed by atoms with Crippen molar-refractivity contribution in [2.75, 3.05) is 30.8 Å². The summed E-state index contributed by atoms with van der Waals surface area (Å²) in [6.07, 6.45) is 2.39. The molecule has 3 N–H and O–H groups in total. The summed E-state index contributed by atoms with van der Waals surface area (Å²) in [6, 6.07) is 14.8. The van der Waals surface area contributed by atoms with E-state index < -0.39 is 6.04 Å². The first-order chi connectivity index (χ1) is 17.0. The lowest BCUT2D eigenvalue weighted by Gasteiger charge is -2.25. The number of likely N-dealkylation sites (N-methyl/N-ethyl adjacent to an activating group) is 1. The molecule has 5 rings (SSSR count). The van der Waals surface area contributed by atoms with Gasteiger partial charge in [-0.25, -0.2) is 4.98 Å². The van der Waals surface area contributed by atoms with Gasteiger partial charge in [-0.05, 0) is 35.7 Å². The highest BCUT2D eigenvalue weighted by Crippen LogP contribution is 2.29. The molecule has 1 aliphatic rings. The molecule has 2 aromatic carbocycles. The van der Waals surface area contributed by atoms with E-state index in [1.807, 2.05) is 55.6 Å². The van der Waals surface area contributed by atoms with Crippen LogP contribution in [0.15, 0.2) is 59.3 Å². The summed E-state index contributed by atoms with van der Waals surface area (Å²) in [4.78, 5) is 27.5. The van der Waals surface area contributed by atoms with Gasteiger partial charge in [-0.2, -0.15) is 9.97 Å². The van der Waals surface area contributed by atoms with Crippen LogP contribution < -0.4 is 10.6 Å². The highest BCUT2D eigenvalue weighted by molar-refractivity contribution is 5.97. The zero-order valence-corrected chi connectivity index (χ0v) is 19.4. The largest absolute Gasteiger partial charge is 0.394 e. The number of benzene rings is 2. The normalized spacial score (nSPS) is 13.9. The molecule has 35 heavy (non-hydrogen) atoms. The van der Waals surface area contributed by atoms with Gasteiger partial charge in [0.25, 0.3) is 5.91 Å². The van der Waals surface area contributed by atoms with E-state index in [0.29, 0.717) is 41.2 Å². The standard InChI is InChI=1S/C25H25N7O3/c1-15-27-23(31-35-15)20-13-26-25(30-22(20)29-21(14-33)16-6-4-3-5-7-16)28-18-8-9-19-17(12-18)10-11-32(2)24(19)34/h3-9,12-13,21,33H,10-11,14H2,1-2H3,(H2,26,28,29,30)/t21-/m1/s1. The molecular weight excluding hydrogens is 446 g/mol. The lowest BCUT2D eigenvalue weighted by Crippen LogP contribution is -2.34. The first-order valence-electron chi connectivity index (χ1n) is 11.3. The molecule has 0 saturated carbocycles. The number of carbonyl (C=O) groups excluding carboxylic acids is 1. The minimum atomic E-state index is -0.405. The molecule has 1 amide bonds. The second kappa shape index (κ2) is 9.51. The average Bonchev–Trinajstić information content (AvgIpc) is 3.31. The SMILES string of the molecule is Cc1nc(-c2cnc(Nc3ccc4c(c3)CCN(C)C4=O)nc2N[C@H](CO)c2ccccc2)no1. The van der Waals surface area contributed by atoms with Crippen molar-refractivity contribution < 1.29 is 14.4 Å². The quantitative estimate of drug-likeness (QED) is 0.371. The number of hydrogen-bond donors (Lipinski definition) is 3. The van der Waals surface area contributed by atoms with Crippen molar-refractivity contribution in [2.24, 2.45) is 0 Å². The Labute approximate surface area is 202 Å². The maximum Gasteiger partial charge on any atom is 0.253 e.